The van der Waals surface area contributed by atoms with E-state index >= 15 is 0 Å². The SMILES string of the molecule is CC(=O)NC1CCN(C(=O)c2ccccc2NS(=O)(=O)c2ccc(Cl)cc2)CC1. The first-order valence-electron chi connectivity index (χ1n) is 9.20. The Kier molecular flexibility index (Phi) is 6.44. The number of halogens is 1. The van der Waals surface area contributed by atoms with Crippen molar-refractivity contribution in [2.24, 2.45) is 0 Å². The van der Waals surface area contributed by atoms with Gasteiger partial charge in [-0.3, -0.25) is 14.3 Å². The molecule has 2 aromatic carbocycles. The molecule has 1 saturated heterocycles. The number of nitrogens with zero attached hydrogens (tertiary/aromatic N) is 1. The van der Waals surface area contributed by atoms with Gasteiger partial charge in [-0.1, -0.05) is 23.7 Å². The van der Waals surface area contributed by atoms with Gasteiger partial charge in [-0.2, -0.15) is 0 Å². The zero-order valence-electron chi connectivity index (χ0n) is 15.9. The Hall–Kier alpha value is -2.58. The summed E-state index contributed by atoms with van der Waals surface area (Å²) >= 11 is 5.82. The summed E-state index contributed by atoms with van der Waals surface area (Å²) in [6, 6.07) is 12.4. The highest BCUT2D eigenvalue weighted by Crippen LogP contribution is 2.24. The van der Waals surface area contributed by atoms with Crippen LogP contribution in [0.4, 0.5) is 5.69 Å². The number of nitrogens with one attached hydrogen (secondary N) is 2. The number of benzene rings is 2. The maximum Gasteiger partial charge on any atom is 0.261 e. The Labute approximate surface area is 175 Å². The van der Waals surface area contributed by atoms with Crippen LogP contribution in [0.2, 0.25) is 5.02 Å². The number of hydrogen-bond donors (Lipinski definition) is 2. The lowest BCUT2D eigenvalue weighted by molar-refractivity contribution is -0.119. The molecule has 0 atom stereocenters. The summed E-state index contributed by atoms with van der Waals surface area (Å²) in [5.74, 6) is -0.336. The van der Waals surface area contributed by atoms with Crippen LogP contribution in [-0.2, 0) is 14.8 Å². The summed E-state index contributed by atoms with van der Waals surface area (Å²) in [7, 11) is -3.87. The first kappa shape index (κ1) is 21.1. The molecule has 1 fully saturated rings. The second-order valence-electron chi connectivity index (χ2n) is 6.87. The third kappa shape index (κ3) is 5.27. The van der Waals surface area contributed by atoms with E-state index < -0.39 is 10.0 Å². The van der Waals surface area contributed by atoms with E-state index in [1.54, 1.807) is 29.2 Å². The Morgan fingerprint density at radius 2 is 1.66 bits per heavy atom. The van der Waals surface area contributed by atoms with Crippen molar-refractivity contribution in [3.63, 3.8) is 0 Å². The molecule has 0 radical (unpaired) electrons. The van der Waals surface area contributed by atoms with Crippen LogP contribution in [-0.4, -0.2) is 44.3 Å². The molecular formula is C20H22ClN3O4S. The second-order valence-corrected chi connectivity index (χ2v) is 8.99. The predicted molar refractivity (Wildman–Crippen MR) is 111 cm³/mol. The van der Waals surface area contributed by atoms with Crippen LogP contribution in [0.1, 0.15) is 30.1 Å². The summed E-state index contributed by atoms with van der Waals surface area (Å²) in [6.07, 6.45) is 1.31. The smallest absolute Gasteiger partial charge is 0.261 e. The molecule has 2 N–H and O–H groups in total. The average molecular weight is 436 g/mol. The van der Waals surface area contributed by atoms with Crippen LogP contribution >= 0.6 is 11.6 Å². The molecule has 1 heterocycles. The molecule has 0 saturated carbocycles. The van der Waals surface area contributed by atoms with Gasteiger partial charge in [0.2, 0.25) is 5.91 Å². The van der Waals surface area contributed by atoms with Crippen LogP contribution in [0.15, 0.2) is 53.4 Å². The van der Waals surface area contributed by atoms with Crippen molar-refractivity contribution in [2.75, 3.05) is 17.8 Å². The van der Waals surface area contributed by atoms with Gasteiger partial charge in [0.05, 0.1) is 16.1 Å². The number of rotatable bonds is 5. The van der Waals surface area contributed by atoms with E-state index in [-0.39, 0.29) is 34.0 Å². The van der Waals surface area contributed by atoms with E-state index in [4.69, 9.17) is 11.6 Å². The van der Waals surface area contributed by atoms with Crippen molar-refractivity contribution in [2.45, 2.75) is 30.7 Å². The van der Waals surface area contributed by atoms with Crippen LogP contribution in [0.5, 0.6) is 0 Å². The third-order valence-corrected chi connectivity index (χ3v) is 6.35. The first-order valence-corrected chi connectivity index (χ1v) is 11.1. The Morgan fingerprint density at radius 3 is 2.28 bits per heavy atom. The summed E-state index contributed by atoms with van der Waals surface area (Å²) in [6.45, 7) is 2.45. The van der Waals surface area contributed by atoms with Gasteiger partial charge in [-0.05, 0) is 49.2 Å². The molecular weight excluding hydrogens is 414 g/mol. The number of likely N-dealkylation sites (tertiary alicyclic amines) is 1. The molecule has 0 spiro atoms. The van der Waals surface area contributed by atoms with Crippen LogP contribution in [0, 0.1) is 0 Å². The molecule has 29 heavy (non-hydrogen) atoms. The van der Waals surface area contributed by atoms with Gasteiger partial charge in [0.15, 0.2) is 0 Å². The van der Waals surface area contributed by atoms with Crippen LogP contribution in [0.25, 0.3) is 0 Å². The van der Waals surface area contributed by atoms with Gasteiger partial charge in [0, 0.05) is 31.1 Å². The van der Waals surface area contributed by atoms with Crippen molar-refractivity contribution in [1.82, 2.24) is 10.2 Å². The number of carbonyl (C=O) groups is 2. The molecule has 1 aliphatic heterocycles. The number of sulfonamides is 1. The number of hydrogen-bond acceptors (Lipinski definition) is 4. The summed E-state index contributed by atoms with van der Waals surface area (Å²) in [5, 5.41) is 3.30. The fourth-order valence-electron chi connectivity index (χ4n) is 3.26. The third-order valence-electron chi connectivity index (χ3n) is 4.72. The number of anilines is 1. The minimum absolute atomic E-state index is 0.0511. The minimum Gasteiger partial charge on any atom is -0.353 e. The molecule has 7 nitrogen and oxygen atoms in total. The van der Waals surface area contributed by atoms with Crippen molar-refractivity contribution in [1.29, 1.82) is 0 Å². The highest BCUT2D eigenvalue weighted by atomic mass is 35.5. The van der Waals surface area contributed by atoms with Gasteiger partial charge >= 0.3 is 0 Å². The number of carbonyl (C=O) groups excluding carboxylic acids is 2. The highest BCUT2D eigenvalue weighted by molar-refractivity contribution is 7.92. The van der Waals surface area contributed by atoms with Crippen molar-refractivity contribution >= 4 is 39.1 Å². The van der Waals surface area contributed by atoms with Gasteiger partial charge in [-0.15, -0.1) is 0 Å². The molecule has 0 unspecified atom stereocenters. The van der Waals surface area contributed by atoms with Gasteiger partial charge in [0.1, 0.15) is 0 Å². The number of para-hydroxylation sites is 1. The molecule has 1 aliphatic rings. The van der Waals surface area contributed by atoms with E-state index in [9.17, 15) is 18.0 Å². The molecule has 2 amide bonds. The van der Waals surface area contributed by atoms with Crippen molar-refractivity contribution in [3.05, 3.63) is 59.1 Å². The lowest BCUT2D eigenvalue weighted by Crippen LogP contribution is -2.46. The molecule has 2 aromatic rings. The molecule has 3 rings (SSSR count). The van der Waals surface area contributed by atoms with E-state index in [1.807, 2.05) is 0 Å². The Balaban J connectivity index is 1.76. The first-order chi connectivity index (χ1) is 13.8. The lowest BCUT2D eigenvalue weighted by atomic mass is 10.0. The zero-order valence-corrected chi connectivity index (χ0v) is 17.5. The van der Waals surface area contributed by atoms with Crippen molar-refractivity contribution < 1.29 is 18.0 Å². The lowest BCUT2D eigenvalue weighted by Gasteiger charge is -2.32. The topological polar surface area (TPSA) is 95.6 Å². The average Bonchev–Trinajstić information content (AvgIpc) is 2.68. The van der Waals surface area contributed by atoms with E-state index in [0.29, 0.717) is 31.0 Å². The second kappa shape index (κ2) is 8.84. The Bertz CT molecular complexity index is 1000. The summed E-state index contributed by atoms with van der Waals surface area (Å²) in [4.78, 5) is 25.9. The molecule has 9 heteroatoms. The highest BCUT2D eigenvalue weighted by Gasteiger charge is 2.26. The summed E-state index contributed by atoms with van der Waals surface area (Å²) < 4.78 is 27.9. The van der Waals surface area contributed by atoms with Gasteiger partial charge < -0.3 is 10.2 Å². The Morgan fingerprint density at radius 1 is 1.03 bits per heavy atom. The van der Waals surface area contributed by atoms with E-state index in [2.05, 4.69) is 10.0 Å². The van der Waals surface area contributed by atoms with Gasteiger partial charge in [-0.25, -0.2) is 8.42 Å². The quantitative estimate of drug-likeness (QED) is 0.754. The number of piperidine rings is 1. The van der Waals surface area contributed by atoms with E-state index in [1.165, 1.54) is 31.2 Å². The van der Waals surface area contributed by atoms with Crippen LogP contribution in [0.3, 0.4) is 0 Å². The monoisotopic (exact) mass is 435 g/mol. The van der Waals surface area contributed by atoms with E-state index in [0.717, 1.165) is 0 Å². The van der Waals surface area contributed by atoms with Gasteiger partial charge in [0.25, 0.3) is 15.9 Å². The molecule has 0 bridgehead atoms. The summed E-state index contributed by atoms with van der Waals surface area (Å²) in [5.41, 5.74) is 0.499. The maximum absolute atomic E-state index is 13.0. The fourth-order valence-corrected chi connectivity index (χ4v) is 4.47. The molecule has 0 aromatic heterocycles. The minimum atomic E-state index is -3.87. The predicted octanol–water partition coefficient (Wildman–Crippen LogP) is 2.88. The maximum atomic E-state index is 13.0. The standard InChI is InChI=1S/C20H22ClN3O4S/c1-14(25)22-16-10-12-24(13-11-16)20(26)18-4-2-3-5-19(18)23-29(27,28)17-8-6-15(21)7-9-17/h2-9,16,23H,10-13H2,1H3,(H,22,25). The normalized spacial score (nSPS) is 15.0. The van der Waals surface area contributed by atoms with Crippen molar-refractivity contribution in [3.8, 4) is 0 Å². The fraction of sp³-hybridized carbons (Fsp3) is 0.300. The molecule has 154 valence electrons. The largest absolute Gasteiger partial charge is 0.353 e. The van der Waals surface area contributed by atoms with Crippen LogP contribution < -0.4 is 10.0 Å². The zero-order chi connectivity index (χ0) is 21.0. The number of amides is 2. The molecule has 0 aliphatic carbocycles.